The summed E-state index contributed by atoms with van der Waals surface area (Å²) in [5, 5.41) is 19.6. The van der Waals surface area contributed by atoms with Gasteiger partial charge in [-0.2, -0.15) is 0 Å². The van der Waals surface area contributed by atoms with Crippen LogP contribution in [0.1, 0.15) is 11.1 Å². The summed E-state index contributed by atoms with van der Waals surface area (Å²) in [5.41, 5.74) is 7.66. The Morgan fingerprint density at radius 2 is 1.75 bits per heavy atom. The van der Waals surface area contributed by atoms with Crippen molar-refractivity contribution in [2.45, 2.75) is 0 Å². The van der Waals surface area contributed by atoms with Crippen LogP contribution in [0.4, 0.5) is 16.2 Å². The molecule has 5 heteroatoms. The average molecular weight is 268 g/mol. The molecule has 0 spiro atoms. The fourth-order valence-electron chi connectivity index (χ4n) is 2.32. The van der Waals surface area contributed by atoms with E-state index in [-0.39, 0.29) is 11.5 Å². The standard InChI is InChI=1S/C15H12N2O3/c16-15(20)17-11-4-2-1-3-9(11)5-6-10-12(17)7-8-13(18)14(10)19/h1-8,18-19H,(H2,16,20). The number of phenols is 2. The van der Waals surface area contributed by atoms with Gasteiger partial charge in [-0.25, -0.2) is 4.79 Å². The van der Waals surface area contributed by atoms with E-state index in [1.807, 2.05) is 12.1 Å². The van der Waals surface area contributed by atoms with E-state index in [4.69, 9.17) is 5.73 Å². The lowest BCUT2D eigenvalue weighted by atomic mass is 10.1. The third kappa shape index (κ3) is 1.68. The molecule has 0 aliphatic carbocycles. The van der Waals surface area contributed by atoms with Crippen molar-refractivity contribution < 1.29 is 15.0 Å². The third-order valence-corrected chi connectivity index (χ3v) is 3.24. The molecule has 3 rings (SSSR count). The molecular weight excluding hydrogens is 256 g/mol. The molecule has 0 atom stereocenters. The van der Waals surface area contributed by atoms with Crippen LogP contribution >= 0.6 is 0 Å². The van der Waals surface area contributed by atoms with Gasteiger partial charge in [-0.05, 0) is 29.8 Å². The molecule has 1 aliphatic rings. The molecule has 4 N–H and O–H groups in total. The zero-order chi connectivity index (χ0) is 14.3. The van der Waals surface area contributed by atoms with Crippen molar-refractivity contribution in [3.05, 3.63) is 47.5 Å². The Hall–Kier alpha value is -2.95. The van der Waals surface area contributed by atoms with Crippen LogP contribution in [0.15, 0.2) is 36.4 Å². The maximum absolute atomic E-state index is 11.8. The first-order valence-electron chi connectivity index (χ1n) is 6.01. The van der Waals surface area contributed by atoms with Gasteiger partial charge in [0, 0.05) is 5.56 Å². The minimum absolute atomic E-state index is 0.247. The summed E-state index contributed by atoms with van der Waals surface area (Å²) in [7, 11) is 0. The minimum Gasteiger partial charge on any atom is -0.504 e. The van der Waals surface area contributed by atoms with Crippen molar-refractivity contribution in [3.8, 4) is 11.5 Å². The van der Waals surface area contributed by atoms with Crippen LogP contribution in [0.5, 0.6) is 11.5 Å². The molecule has 1 aliphatic heterocycles. The Balaban J connectivity index is 2.34. The van der Waals surface area contributed by atoms with Gasteiger partial charge < -0.3 is 15.9 Å². The van der Waals surface area contributed by atoms with Crippen molar-refractivity contribution in [3.63, 3.8) is 0 Å². The monoisotopic (exact) mass is 268 g/mol. The van der Waals surface area contributed by atoms with E-state index < -0.39 is 6.03 Å². The number of anilines is 2. The zero-order valence-corrected chi connectivity index (χ0v) is 10.4. The summed E-state index contributed by atoms with van der Waals surface area (Å²) in [6.45, 7) is 0. The Labute approximate surface area is 115 Å². The number of aromatic hydroxyl groups is 2. The minimum atomic E-state index is -0.660. The van der Waals surface area contributed by atoms with Crippen LogP contribution in [0.25, 0.3) is 12.2 Å². The summed E-state index contributed by atoms with van der Waals surface area (Å²) in [5.74, 6) is -0.526. The molecule has 0 radical (unpaired) electrons. The number of benzene rings is 2. The molecule has 2 aromatic rings. The quantitative estimate of drug-likeness (QED) is 0.642. The predicted octanol–water partition coefficient (Wildman–Crippen LogP) is 2.80. The molecule has 0 saturated carbocycles. The molecule has 1 heterocycles. The number of amides is 2. The lowest BCUT2D eigenvalue weighted by molar-refractivity contribution is 0.256. The van der Waals surface area contributed by atoms with Gasteiger partial charge in [0.25, 0.3) is 0 Å². The topological polar surface area (TPSA) is 86.8 Å². The molecule has 2 amide bonds. The number of nitrogens with two attached hydrogens (primary N) is 1. The maximum atomic E-state index is 11.8. The number of carbonyl (C=O) groups is 1. The van der Waals surface area contributed by atoms with Gasteiger partial charge in [0.05, 0.1) is 11.4 Å². The number of hydrogen-bond donors (Lipinski definition) is 3. The largest absolute Gasteiger partial charge is 0.504 e. The summed E-state index contributed by atoms with van der Waals surface area (Å²) >= 11 is 0. The second kappa shape index (κ2) is 4.31. The summed E-state index contributed by atoms with van der Waals surface area (Å²) in [4.78, 5) is 13.1. The van der Waals surface area contributed by atoms with Gasteiger partial charge >= 0.3 is 6.03 Å². The second-order valence-electron chi connectivity index (χ2n) is 4.43. The van der Waals surface area contributed by atoms with Crippen molar-refractivity contribution in [2.75, 3.05) is 4.90 Å². The number of hydrogen-bond acceptors (Lipinski definition) is 3. The van der Waals surface area contributed by atoms with Crippen molar-refractivity contribution >= 4 is 29.6 Å². The zero-order valence-electron chi connectivity index (χ0n) is 10.4. The first kappa shape index (κ1) is 12.1. The van der Waals surface area contributed by atoms with E-state index in [1.165, 1.54) is 11.0 Å². The first-order chi connectivity index (χ1) is 9.59. The molecule has 0 saturated heterocycles. The molecule has 0 unspecified atom stereocenters. The number of fused-ring (bicyclic) bond motifs is 2. The van der Waals surface area contributed by atoms with Crippen molar-refractivity contribution in [2.24, 2.45) is 5.73 Å². The SMILES string of the molecule is NC(=O)N1c2ccccc2C=Cc2c1ccc(O)c2O. The number of primary amides is 1. The highest BCUT2D eigenvalue weighted by atomic mass is 16.3. The molecule has 20 heavy (non-hydrogen) atoms. The highest BCUT2D eigenvalue weighted by Crippen LogP contribution is 2.42. The van der Waals surface area contributed by atoms with Gasteiger partial charge in [-0.15, -0.1) is 0 Å². The Bertz CT molecular complexity index is 738. The van der Waals surface area contributed by atoms with E-state index in [0.717, 1.165) is 5.56 Å². The van der Waals surface area contributed by atoms with Crippen LogP contribution < -0.4 is 10.6 Å². The van der Waals surface area contributed by atoms with Crippen LogP contribution in [-0.4, -0.2) is 16.2 Å². The van der Waals surface area contributed by atoms with Crippen LogP contribution in [0, 0.1) is 0 Å². The van der Waals surface area contributed by atoms with Gasteiger partial charge in [-0.1, -0.05) is 24.3 Å². The number of nitrogens with zero attached hydrogens (tertiary/aromatic N) is 1. The highest BCUT2D eigenvalue weighted by molar-refractivity contribution is 6.05. The van der Waals surface area contributed by atoms with Gasteiger partial charge in [-0.3, -0.25) is 4.90 Å². The van der Waals surface area contributed by atoms with E-state index in [0.29, 0.717) is 16.9 Å². The second-order valence-corrected chi connectivity index (χ2v) is 4.43. The maximum Gasteiger partial charge on any atom is 0.323 e. The van der Waals surface area contributed by atoms with E-state index in [9.17, 15) is 15.0 Å². The normalized spacial score (nSPS) is 12.5. The summed E-state index contributed by atoms with van der Waals surface area (Å²) in [6, 6.07) is 9.46. The first-order valence-corrected chi connectivity index (χ1v) is 6.01. The van der Waals surface area contributed by atoms with Crippen LogP contribution in [-0.2, 0) is 0 Å². The van der Waals surface area contributed by atoms with Crippen molar-refractivity contribution in [1.82, 2.24) is 0 Å². The molecule has 0 fully saturated rings. The predicted molar refractivity (Wildman–Crippen MR) is 76.9 cm³/mol. The molecular formula is C15H12N2O3. The van der Waals surface area contributed by atoms with E-state index >= 15 is 0 Å². The number of urea groups is 1. The van der Waals surface area contributed by atoms with Crippen molar-refractivity contribution in [1.29, 1.82) is 0 Å². The Morgan fingerprint density at radius 3 is 2.50 bits per heavy atom. The average Bonchev–Trinajstić information content (AvgIpc) is 2.60. The summed E-state index contributed by atoms with van der Waals surface area (Å²) < 4.78 is 0. The van der Waals surface area contributed by atoms with E-state index in [2.05, 4.69) is 0 Å². The lowest BCUT2D eigenvalue weighted by Crippen LogP contribution is -2.32. The van der Waals surface area contributed by atoms with Crippen LogP contribution in [0.3, 0.4) is 0 Å². The van der Waals surface area contributed by atoms with Gasteiger partial charge in [0.2, 0.25) is 0 Å². The lowest BCUT2D eigenvalue weighted by Gasteiger charge is -2.23. The Morgan fingerprint density at radius 1 is 1.00 bits per heavy atom. The molecule has 0 bridgehead atoms. The van der Waals surface area contributed by atoms with E-state index in [1.54, 1.807) is 30.4 Å². The number of phenolic OH excluding ortho intramolecular Hbond substituents is 2. The number of carbonyl (C=O) groups excluding carboxylic acids is 1. The molecule has 100 valence electrons. The fourth-order valence-corrected chi connectivity index (χ4v) is 2.32. The summed E-state index contributed by atoms with van der Waals surface area (Å²) in [6.07, 6.45) is 3.41. The van der Waals surface area contributed by atoms with Gasteiger partial charge in [0.15, 0.2) is 11.5 Å². The highest BCUT2D eigenvalue weighted by Gasteiger charge is 2.24. The van der Waals surface area contributed by atoms with Gasteiger partial charge in [0.1, 0.15) is 0 Å². The molecule has 0 aromatic heterocycles. The molecule has 5 nitrogen and oxygen atoms in total. The molecule has 2 aromatic carbocycles. The number of rotatable bonds is 0. The third-order valence-electron chi connectivity index (χ3n) is 3.24. The number of para-hydroxylation sites is 1. The smallest absolute Gasteiger partial charge is 0.323 e. The van der Waals surface area contributed by atoms with Crippen LogP contribution in [0.2, 0.25) is 0 Å². The Kier molecular flexibility index (Phi) is 2.61. The fraction of sp³-hybridized carbons (Fsp3) is 0.